The van der Waals surface area contributed by atoms with Gasteiger partial charge in [0.05, 0.1) is 11.1 Å². The highest BCUT2D eigenvalue weighted by Crippen LogP contribution is 2.45. The highest BCUT2D eigenvalue weighted by Gasteiger charge is 2.27. The Balaban J connectivity index is 1.38. The molecule has 1 aliphatic rings. The van der Waals surface area contributed by atoms with Crippen molar-refractivity contribution in [2.45, 2.75) is 127 Å². The van der Waals surface area contributed by atoms with E-state index in [1.807, 2.05) is 11.8 Å². The second-order valence-corrected chi connectivity index (χ2v) is 11.3. The van der Waals surface area contributed by atoms with Crippen LogP contribution in [0.4, 0.5) is 5.69 Å². The molecule has 1 nitrogen and oxygen atoms in total. The van der Waals surface area contributed by atoms with Gasteiger partial charge in [-0.05, 0) is 48.1 Å². The average Bonchev–Trinajstić information content (AvgIpc) is 3.04. The lowest BCUT2D eigenvalue weighted by atomic mass is 10.0. The number of unbranched alkanes of at least 4 members (excludes halogenated alkanes) is 15. The highest BCUT2D eigenvalue weighted by atomic mass is 127. The van der Waals surface area contributed by atoms with E-state index in [4.69, 9.17) is 0 Å². The van der Waals surface area contributed by atoms with Crippen molar-refractivity contribution in [2.24, 2.45) is 0 Å². The molecule has 1 aromatic carbocycles. The first-order valence-corrected chi connectivity index (χ1v) is 14.4. The largest absolute Gasteiger partial charge is 0.358 e. The van der Waals surface area contributed by atoms with Gasteiger partial charge in [-0.3, -0.25) is 0 Å². The van der Waals surface area contributed by atoms with Gasteiger partial charge in [-0.25, -0.2) is 0 Å². The number of thioether (sulfide) groups is 1. The molecule has 0 amide bonds. The summed E-state index contributed by atoms with van der Waals surface area (Å²) in [5.74, 6) is 0. The number of hydrogen-bond donors (Lipinski definition) is 0. The molecule has 0 saturated heterocycles. The maximum atomic E-state index is 2.63. The molecule has 2 rings (SSSR count). The van der Waals surface area contributed by atoms with Crippen molar-refractivity contribution < 1.29 is 0 Å². The van der Waals surface area contributed by atoms with Gasteiger partial charge in [0, 0.05) is 15.0 Å². The van der Waals surface area contributed by atoms with Crippen LogP contribution in [0.3, 0.4) is 0 Å². The van der Waals surface area contributed by atoms with E-state index in [2.05, 4.69) is 59.5 Å². The number of rotatable bonds is 17. The van der Waals surface area contributed by atoms with Crippen molar-refractivity contribution in [3.63, 3.8) is 0 Å². The van der Waals surface area contributed by atoms with Crippen LogP contribution in [-0.4, -0.2) is 11.9 Å². The molecule has 1 aromatic rings. The Kier molecular flexibility index (Phi) is 13.8. The summed E-state index contributed by atoms with van der Waals surface area (Å²) in [5.41, 5.74) is 1.49. The van der Waals surface area contributed by atoms with E-state index < -0.39 is 0 Å². The van der Waals surface area contributed by atoms with Gasteiger partial charge in [0.2, 0.25) is 0 Å². The Morgan fingerprint density at radius 1 is 0.759 bits per heavy atom. The number of para-hydroxylation sites is 1. The topological polar surface area (TPSA) is 3.24 Å². The molecule has 0 N–H and O–H groups in total. The fourth-order valence-electron chi connectivity index (χ4n) is 4.42. The van der Waals surface area contributed by atoms with Crippen LogP contribution >= 0.6 is 34.4 Å². The van der Waals surface area contributed by atoms with Gasteiger partial charge in [0.25, 0.3) is 0 Å². The Bertz CT molecular complexity index is 548. The minimum atomic E-state index is 0.595. The smallest absolute Gasteiger partial charge is 0.0770 e. The maximum absolute atomic E-state index is 2.63. The summed E-state index contributed by atoms with van der Waals surface area (Å²) >= 11 is 4.52. The molecule has 0 radical (unpaired) electrons. The third-order valence-corrected chi connectivity index (χ3v) is 8.28. The third-order valence-electron chi connectivity index (χ3n) is 6.23. The molecule has 0 spiro atoms. The third kappa shape index (κ3) is 9.84. The zero-order valence-electron chi connectivity index (χ0n) is 19.1. The van der Waals surface area contributed by atoms with Crippen LogP contribution in [0.5, 0.6) is 0 Å². The molecular formula is C26H44INS. The van der Waals surface area contributed by atoms with Gasteiger partial charge in [-0.1, -0.05) is 121 Å². The lowest BCUT2D eigenvalue weighted by Crippen LogP contribution is -2.28. The lowest BCUT2D eigenvalue weighted by Gasteiger charge is -2.24. The fraction of sp³-hybridized carbons (Fsp3) is 0.769. The molecular weight excluding hydrogens is 485 g/mol. The maximum Gasteiger partial charge on any atom is 0.0770 e. The van der Waals surface area contributed by atoms with E-state index in [-0.39, 0.29) is 0 Å². The van der Waals surface area contributed by atoms with E-state index in [1.165, 1.54) is 123 Å². The molecule has 1 heterocycles. The molecule has 3 heteroatoms. The molecule has 1 aliphatic heterocycles. The zero-order chi connectivity index (χ0) is 20.7. The molecule has 29 heavy (non-hydrogen) atoms. The van der Waals surface area contributed by atoms with E-state index in [0.717, 1.165) is 0 Å². The minimum Gasteiger partial charge on any atom is -0.358 e. The first-order chi connectivity index (χ1) is 14.2. The van der Waals surface area contributed by atoms with E-state index >= 15 is 0 Å². The van der Waals surface area contributed by atoms with Gasteiger partial charge in [-0.2, -0.15) is 0 Å². The van der Waals surface area contributed by atoms with Crippen molar-refractivity contribution in [2.75, 3.05) is 11.4 Å². The number of nitrogens with zero attached hydrogens (tertiary/aromatic N) is 1. The Hall–Kier alpha value is 0.1000. The molecule has 1 unspecified atom stereocenters. The molecule has 0 saturated carbocycles. The number of hydrogen-bond acceptors (Lipinski definition) is 2. The summed E-state index contributed by atoms with van der Waals surface area (Å²) in [4.78, 5) is 4.10. The first-order valence-electron chi connectivity index (χ1n) is 12.5. The van der Waals surface area contributed by atoms with E-state index in [9.17, 15) is 0 Å². The van der Waals surface area contributed by atoms with Crippen LogP contribution in [0.15, 0.2) is 23.1 Å². The molecule has 1 atom stereocenters. The minimum absolute atomic E-state index is 0.595. The van der Waals surface area contributed by atoms with Crippen molar-refractivity contribution in [3.05, 3.63) is 21.8 Å². The standard InChI is InChI=1S/C26H44INS/c1-3-4-5-6-7-8-9-10-11-12-13-14-15-16-17-18-22-28-23(2)29-25-21-19-20-24(27)26(25)28/h19-21,23H,3-18,22H2,1-2H3. The highest BCUT2D eigenvalue weighted by molar-refractivity contribution is 14.1. The van der Waals surface area contributed by atoms with Crippen LogP contribution in [0, 0.1) is 3.57 Å². The summed E-state index contributed by atoms with van der Waals surface area (Å²) in [6.45, 7) is 5.88. The first kappa shape index (κ1) is 25.4. The van der Waals surface area contributed by atoms with Gasteiger partial charge in [0.1, 0.15) is 0 Å². The average molecular weight is 530 g/mol. The summed E-state index contributed by atoms with van der Waals surface area (Å²) < 4.78 is 1.41. The number of fused-ring (bicyclic) bond motifs is 1. The van der Waals surface area contributed by atoms with Gasteiger partial charge >= 0.3 is 0 Å². The van der Waals surface area contributed by atoms with Gasteiger partial charge < -0.3 is 4.90 Å². The number of halogens is 1. The normalized spacial score (nSPS) is 15.8. The predicted octanol–water partition coefficient (Wildman–Crippen LogP) is 9.81. The Morgan fingerprint density at radius 2 is 1.24 bits per heavy atom. The fourth-order valence-corrected chi connectivity index (χ4v) is 6.61. The van der Waals surface area contributed by atoms with Crippen molar-refractivity contribution in [3.8, 4) is 0 Å². The summed E-state index contributed by atoms with van der Waals surface area (Å²) in [6.07, 6.45) is 23.1. The molecule has 0 aromatic heterocycles. The van der Waals surface area contributed by atoms with Crippen LogP contribution in [0.25, 0.3) is 0 Å². The van der Waals surface area contributed by atoms with Crippen molar-refractivity contribution >= 4 is 40.0 Å². The molecule has 0 bridgehead atoms. The predicted molar refractivity (Wildman–Crippen MR) is 141 cm³/mol. The zero-order valence-corrected chi connectivity index (χ0v) is 22.0. The van der Waals surface area contributed by atoms with E-state index in [1.54, 1.807) is 0 Å². The Morgan fingerprint density at radius 3 is 1.76 bits per heavy atom. The van der Waals surface area contributed by atoms with Crippen LogP contribution in [-0.2, 0) is 0 Å². The lowest BCUT2D eigenvalue weighted by molar-refractivity contribution is 0.529. The molecule has 166 valence electrons. The molecule has 0 aliphatic carbocycles. The monoisotopic (exact) mass is 529 g/mol. The van der Waals surface area contributed by atoms with E-state index in [0.29, 0.717) is 5.37 Å². The van der Waals surface area contributed by atoms with Gasteiger partial charge in [0.15, 0.2) is 0 Å². The van der Waals surface area contributed by atoms with Crippen molar-refractivity contribution in [1.29, 1.82) is 0 Å². The summed E-state index contributed by atoms with van der Waals surface area (Å²) in [6, 6.07) is 6.73. The van der Waals surface area contributed by atoms with Gasteiger partial charge in [-0.15, -0.1) is 0 Å². The second kappa shape index (κ2) is 15.8. The number of benzene rings is 1. The van der Waals surface area contributed by atoms with Crippen LogP contribution < -0.4 is 4.90 Å². The molecule has 0 fully saturated rings. The quantitative estimate of drug-likeness (QED) is 0.146. The van der Waals surface area contributed by atoms with Crippen LogP contribution in [0.1, 0.15) is 117 Å². The van der Waals surface area contributed by atoms with Crippen molar-refractivity contribution in [1.82, 2.24) is 0 Å². The van der Waals surface area contributed by atoms with Crippen LogP contribution in [0.2, 0.25) is 0 Å². The summed E-state index contributed by atoms with van der Waals surface area (Å²) in [7, 11) is 0. The Labute approximate surface area is 199 Å². The second-order valence-electron chi connectivity index (χ2n) is 8.80. The number of anilines is 1. The summed E-state index contributed by atoms with van der Waals surface area (Å²) in [5, 5.41) is 0.595. The SMILES string of the molecule is CCCCCCCCCCCCCCCCCCN1c2c(I)cccc2SC1C.